The second-order valence-electron chi connectivity index (χ2n) is 5.74. The predicted octanol–water partition coefficient (Wildman–Crippen LogP) is 1.69. The smallest absolute Gasteiger partial charge is 0.226 e. The van der Waals surface area contributed by atoms with Crippen molar-refractivity contribution < 1.29 is 9.53 Å². The average Bonchev–Trinajstić information content (AvgIpc) is 3.14. The topological polar surface area (TPSA) is 60.2 Å². The van der Waals surface area contributed by atoms with E-state index in [1.165, 1.54) is 10.4 Å². The molecule has 2 aromatic rings. The number of hydrogen-bond donors (Lipinski definition) is 0. The number of carbonyl (C=O) groups is 1. The molecule has 116 valence electrons. The number of rotatable bonds is 2. The third-order valence-corrected chi connectivity index (χ3v) is 5.42. The lowest BCUT2D eigenvalue weighted by Gasteiger charge is -2.30. The lowest BCUT2D eigenvalue weighted by Crippen LogP contribution is -2.39. The largest absolute Gasteiger partial charge is 0.373 e. The molecule has 2 aliphatic heterocycles. The molecule has 6 nitrogen and oxygen atoms in total. The van der Waals surface area contributed by atoms with E-state index in [1.807, 2.05) is 11.8 Å². The van der Waals surface area contributed by atoms with Crippen LogP contribution in [-0.4, -0.2) is 38.7 Å². The Kier molecular flexibility index (Phi) is 3.46. The molecular weight excluding hydrogens is 300 g/mol. The highest BCUT2D eigenvalue weighted by molar-refractivity contribution is 7.10. The SMILES string of the molecule is Cc1nnc2n1CCN(C(=O)CC1OCCc3sccc31)C2. The number of aryl methyl sites for hydroxylation is 1. The highest BCUT2D eigenvalue weighted by Crippen LogP contribution is 2.33. The molecule has 0 aliphatic carbocycles. The fourth-order valence-electron chi connectivity index (χ4n) is 3.20. The van der Waals surface area contributed by atoms with E-state index in [4.69, 9.17) is 4.74 Å². The van der Waals surface area contributed by atoms with Crippen LogP contribution >= 0.6 is 11.3 Å². The first-order valence-electron chi connectivity index (χ1n) is 7.56. The maximum atomic E-state index is 12.6. The lowest BCUT2D eigenvalue weighted by atomic mass is 10.0. The number of fused-ring (bicyclic) bond motifs is 2. The van der Waals surface area contributed by atoms with E-state index in [9.17, 15) is 4.79 Å². The van der Waals surface area contributed by atoms with Crippen LogP contribution in [0.2, 0.25) is 0 Å². The van der Waals surface area contributed by atoms with E-state index < -0.39 is 0 Å². The average molecular weight is 318 g/mol. The Bertz CT molecular complexity index is 708. The Morgan fingerprint density at radius 1 is 1.45 bits per heavy atom. The Labute approximate surface area is 132 Å². The standard InChI is InChI=1S/C15H18N4O2S/c1-10-16-17-14-9-18(4-5-19(10)14)15(20)8-12-11-3-7-22-13(11)2-6-21-12/h3,7,12H,2,4-6,8-9H2,1H3. The van der Waals surface area contributed by atoms with Crippen LogP contribution in [0.5, 0.6) is 0 Å². The van der Waals surface area contributed by atoms with Gasteiger partial charge in [0.25, 0.3) is 0 Å². The molecule has 7 heteroatoms. The number of amides is 1. The van der Waals surface area contributed by atoms with Crippen molar-refractivity contribution in [3.8, 4) is 0 Å². The minimum absolute atomic E-state index is 0.0935. The van der Waals surface area contributed by atoms with Gasteiger partial charge in [-0.15, -0.1) is 21.5 Å². The van der Waals surface area contributed by atoms with Gasteiger partial charge in [0, 0.05) is 24.4 Å². The summed E-state index contributed by atoms with van der Waals surface area (Å²) >= 11 is 1.76. The van der Waals surface area contributed by atoms with E-state index in [0.717, 1.165) is 24.6 Å². The molecule has 0 bridgehead atoms. The van der Waals surface area contributed by atoms with Crippen molar-refractivity contribution in [2.45, 2.75) is 39.0 Å². The summed E-state index contributed by atoms with van der Waals surface area (Å²) in [5, 5.41) is 10.3. The van der Waals surface area contributed by atoms with Crippen LogP contribution in [0.4, 0.5) is 0 Å². The summed E-state index contributed by atoms with van der Waals surface area (Å²) < 4.78 is 7.91. The van der Waals surface area contributed by atoms with Crippen LogP contribution in [0.3, 0.4) is 0 Å². The molecule has 0 spiro atoms. The van der Waals surface area contributed by atoms with Crippen LogP contribution in [0, 0.1) is 6.92 Å². The highest BCUT2D eigenvalue weighted by atomic mass is 32.1. The molecule has 0 saturated heterocycles. The van der Waals surface area contributed by atoms with E-state index in [-0.39, 0.29) is 12.0 Å². The number of aromatic nitrogens is 3. The molecule has 0 saturated carbocycles. The minimum atomic E-state index is -0.0935. The molecule has 2 aromatic heterocycles. The first-order valence-corrected chi connectivity index (χ1v) is 8.44. The van der Waals surface area contributed by atoms with Crippen LogP contribution in [-0.2, 0) is 29.0 Å². The summed E-state index contributed by atoms with van der Waals surface area (Å²) in [7, 11) is 0. The summed E-state index contributed by atoms with van der Waals surface area (Å²) in [6.07, 6.45) is 1.28. The monoisotopic (exact) mass is 318 g/mol. The predicted molar refractivity (Wildman–Crippen MR) is 81.5 cm³/mol. The Hall–Kier alpha value is -1.73. The number of ether oxygens (including phenoxy) is 1. The van der Waals surface area contributed by atoms with Crippen LogP contribution in [0.15, 0.2) is 11.4 Å². The zero-order valence-corrected chi connectivity index (χ0v) is 13.3. The van der Waals surface area contributed by atoms with E-state index in [0.29, 0.717) is 26.1 Å². The van der Waals surface area contributed by atoms with Gasteiger partial charge in [-0.05, 0) is 23.9 Å². The Morgan fingerprint density at radius 3 is 3.27 bits per heavy atom. The summed E-state index contributed by atoms with van der Waals surface area (Å²) in [6, 6.07) is 2.09. The molecule has 22 heavy (non-hydrogen) atoms. The van der Waals surface area contributed by atoms with Gasteiger partial charge in [0.2, 0.25) is 5.91 Å². The van der Waals surface area contributed by atoms with Gasteiger partial charge in [0.15, 0.2) is 5.82 Å². The van der Waals surface area contributed by atoms with Gasteiger partial charge < -0.3 is 14.2 Å². The normalized spacial score (nSPS) is 20.6. The maximum Gasteiger partial charge on any atom is 0.226 e. The zero-order valence-electron chi connectivity index (χ0n) is 12.5. The van der Waals surface area contributed by atoms with Crippen molar-refractivity contribution >= 4 is 17.2 Å². The van der Waals surface area contributed by atoms with Crippen molar-refractivity contribution in [1.29, 1.82) is 0 Å². The summed E-state index contributed by atoms with van der Waals surface area (Å²) in [5.74, 6) is 1.93. The molecule has 1 atom stereocenters. The van der Waals surface area contributed by atoms with Gasteiger partial charge in [-0.3, -0.25) is 4.79 Å². The van der Waals surface area contributed by atoms with Gasteiger partial charge in [0.1, 0.15) is 5.82 Å². The Morgan fingerprint density at radius 2 is 2.36 bits per heavy atom. The third-order valence-electron chi connectivity index (χ3n) is 4.43. The van der Waals surface area contributed by atoms with Crippen molar-refractivity contribution in [3.05, 3.63) is 33.5 Å². The van der Waals surface area contributed by atoms with E-state index >= 15 is 0 Å². The van der Waals surface area contributed by atoms with Crippen molar-refractivity contribution in [2.75, 3.05) is 13.2 Å². The highest BCUT2D eigenvalue weighted by Gasteiger charge is 2.29. The minimum Gasteiger partial charge on any atom is -0.373 e. The summed E-state index contributed by atoms with van der Waals surface area (Å²) in [4.78, 5) is 15.8. The first kappa shape index (κ1) is 13.9. The third kappa shape index (κ3) is 2.34. The number of thiophene rings is 1. The Balaban J connectivity index is 1.46. The van der Waals surface area contributed by atoms with E-state index in [1.54, 1.807) is 11.3 Å². The van der Waals surface area contributed by atoms with Gasteiger partial charge in [-0.2, -0.15) is 0 Å². The molecular formula is C15H18N4O2S. The van der Waals surface area contributed by atoms with Gasteiger partial charge in [-0.1, -0.05) is 0 Å². The fourth-order valence-corrected chi connectivity index (χ4v) is 4.11. The summed E-state index contributed by atoms with van der Waals surface area (Å²) in [5.41, 5.74) is 1.20. The van der Waals surface area contributed by atoms with Crippen LogP contribution in [0.25, 0.3) is 0 Å². The molecule has 0 fully saturated rings. The summed E-state index contributed by atoms with van der Waals surface area (Å²) in [6.45, 7) is 4.69. The quantitative estimate of drug-likeness (QED) is 0.845. The molecule has 0 aromatic carbocycles. The molecule has 1 amide bonds. The van der Waals surface area contributed by atoms with Crippen LogP contribution in [0.1, 0.15) is 34.6 Å². The molecule has 4 rings (SSSR count). The number of carbonyl (C=O) groups excluding carboxylic acids is 1. The fraction of sp³-hybridized carbons (Fsp3) is 0.533. The lowest BCUT2D eigenvalue weighted by molar-refractivity contribution is -0.136. The second-order valence-corrected chi connectivity index (χ2v) is 6.74. The second kappa shape index (κ2) is 5.48. The van der Waals surface area contributed by atoms with Gasteiger partial charge in [0.05, 0.1) is 25.7 Å². The molecule has 2 aliphatic rings. The van der Waals surface area contributed by atoms with Crippen molar-refractivity contribution in [1.82, 2.24) is 19.7 Å². The molecule has 0 N–H and O–H groups in total. The number of nitrogens with zero attached hydrogens (tertiary/aromatic N) is 4. The van der Waals surface area contributed by atoms with Crippen molar-refractivity contribution in [2.24, 2.45) is 0 Å². The van der Waals surface area contributed by atoms with Gasteiger partial charge >= 0.3 is 0 Å². The maximum absolute atomic E-state index is 12.6. The van der Waals surface area contributed by atoms with E-state index in [2.05, 4.69) is 26.2 Å². The molecule has 4 heterocycles. The zero-order chi connectivity index (χ0) is 15.1. The molecule has 0 radical (unpaired) electrons. The van der Waals surface area contributed by atoms with Crippen LogP contribution < -0.4 is 0 Å². The molecule has 1 unspecified atom stereocenters. The first-order chi connectivity index (χ1) is 10.7. The van der Waals surface area contributed by atoms with Gasteiger partial charge in [-0.25, -0.2) is 0 Å². The van der Waals surface area contributed by atoms with Crippen molar-refractivity contribution in [3.63, 3.8) is 0 Å². The number of hydrogen-bond acceptors (Lipinski definition) is 5.